The van der Waals surface area contributed by atoms with Gasteiger partial charge in [-0.1, -0.05) is 41.9 Å². The number of hydrogen-bond donors (Lipinski definition) is 0. The van der Waals surface area contributed by atoms with E-state index < -0.39 is 36.9 Å². The minimum Gasteiger partial charge on any atom is -0.258 e. The highest BCUT2D eigenvalue weighted by Crippen LogP contribution is 2.46. The van der Waals surface area contributed by atoms with Crippen molar-refractivity contribution in [3.63, 3.8) is 0 Å². The van der Waals surface area contributed by atoms with Crippen LogP contribution in [0.5, 0.6) is 0 Å². The summed E-state index contributed by atoms with van der Waals surface area (Å²) in [6.07, 6.45) is 0. The SMILES string of the molecule is O=[N+]([O-])c1cc(-c2ccccc2)c(Cl)c([N+](=O)[O-])c1[N+](=O)[O-]. The molecule has 0 unspecified atom stereocenters. The molecule has 0 radical (unpaired) electrons. The fourth-order valence-corrected chi connectivity index (χ4v) is 2.26. The number of hydrogen-bond acceptors (Lipinski definition) is 6. The first-order valence-corrected chi connectivity index (χ1v) is 6.07. The van der Waals surface area contributed by atoms with Gasteiger partial charge < -0.3 is 0 Å². The molecule has 0 aliphatic carbocycles. The maximum absolute atomic E-state index is 11.1. The van der Waals surface area contributed by atoms with E-state index in [2.05, 4.69) is 0 Å². The van der Waals surface area contributed by atoms with Gasteiger partial charge in [-0.15, -0.1) is 0 Å². The van der Waals surface area contributed by atoms with Crippen molar-refractivity contribution in [1.82, 2.24) is 0 Å². The van der Waals surface area contributed by atoms with E-state index >= 15 is 0 Å². The van der Waals surface area contributed by atoms with Gasteiger partial charge in [0, 0.05) is 11.6 Å². The van der Waals surface area contributed by atoms with Crippen molar-refractivity contribution in [3.05, 3.63) is 71.8 Å². The van der Waals surface area contributed by atoms with Crippen LogP contribution >= 0.6 is 11.6 Å². The fraction of sp³-hybridized carbons (Fsp3) is 0. The predicted molar refractivity (Wildman–Crippen MR) is 76.9 cm³/mol. The minimum absolute atomic E-state index is 0.0220. The molecule has 9 nitrogen and oxygen atoms in total. The molecule has 0 fully saturated rings. The van der Waals surface area contributed by atoms with Crippen molar-refractivity contribution in [2.24, 2.45) is 0 Å². The van der Waals surface area contributed by atoms with Gasteiger partial charge in [-0.05, 0) is 5.56 Å². The topological polar surface area (TPSA) is 129 Å². The Balaban J connectivity index is 2.92. The van der Waals surface area contributed by atoms with Crippen LogP contribution in [0, 0.1) is 30.3 Å². The van der Waals surface area contributed by atoms with E-state index in [4.69, 9.17) is 11.6 Å². The van der Waals surface area contributed by atoms with Crippen LogP contribution in [-0.4, -0.2) is 14.8 Å². The number of benzene rings is 2. The van der Waals surface area contributed by atoms with Crippen LogP contribution in [0.3, 0.4) is 0 Å². The lowest BCUT2D eigenvalue weighted by molar-refractivity contribution is -0.440. The summed E-state index contributed by atoms with van der Waals surface area (Å²) in [5, 5.41) is 32.6. The van der Waals surface area contributed by atoms with Gasteiger partial charge in [-0.3, -0.25) is 30.3 Å². The summed E-state index contributed by atoms with van der Waals surface area (Å²) in [5.41, 5.74) is -2.97. The van der Waals surface area contributed by atoms with Crippen LogP contribution in [0.2, 0.25) is 5.02 Å². The largest absolute Gasteiger partial charge is 0.423 e. The van der Waals surface area contributed by atoms with Gasteiger partial charge >= 0.3 is 17.1 Å². The van der Waals surface area contributed by atoms with Crippen molar-refractivity contribution in [2.45, 2.75) is 0 Å². The Labute approximate surface area is 127 Å². The Morgan fingerprint density at radius 3 is 1.82 bits per heavy atom. The van der Waals surface area contributed by atoms with Crippen molar-refractivity contribution >= 4 is 28.7 Å². The maximum atomic E-state index is 11.1. The molecule has 0 bridgehead atoms. The molecular formula is C12H6ClN3O6. The molecule has 2 aromatic rings. The highest BCUT2D eigenvalue weighted by Gasteiger charge is 2.40. The highest BCUT2D eigenvalue weighted by molar-refractivity contribution is 6.36. The molecule has 0 saturated heterocycles. The van der Waals surface area contributed by atoms with E-state index in [1.807, 2.05) is 0 Å². The zero-order valence-electron chi connectivity index (χ0n) is 10.6. The number of nitro benzene ring substituents is 3. The normalized spacial score (nSPS) is 10.2. The summed E-state index contributed by atoms with van der Waals surface area (Å²) >= 11 is 5.90. The molecule has 0 spiro atoms. The lowest BCUT2D eigenvalue weighted by Crippen LogP contribution is -2.03. The molecule has 0 aromatic heterocycles. The average Bonchev–Trinajstić information content (AvgIpc) is 2.46. The number of halogens is 1. The van der Waals surface area contributed by atoms with Gasteiger partial charge in [0.1, 0.15) is 5.02 Å². The van der Waals surface area contributed by atoms with Crippen LogP contribution in [0.4, 0.5) is 17.1 Å². The number of nitrogens with zero attached hydrogens (tertiary/aromatic N) is 3. The van der Waals surface area contributed by atoms with Crippen molar-refractivity contribution in [3.8, 4) is 11.1 Å². The van der Waals surface area contributed by atoms with Crippen LogP contribution < -0.4 is 0 Å². The summed E-state index contributed by atoms with van der Waals surface area (Å²) in [6, 6.07) is 8.80. The van der Waals surface area contributed by atoms with Gasteiger partial charge in [0.2, 0.25) is 0 Å². The Kier molecular flexibility index (Phi) is 4.00. The van der Waals surface area contributed by atoms with E-state index in [9.17, 15) is 30.3 Å². The molecule has 0 heterocycles. The zero-order valence-corrected chi connectivity index (χ0v) is 11.4. The molecule has 0 N–H and O–H groups in total. The van der Waals surface area contributed by atoms with Crippen molar-refractivity contribution in [2.75, 3.05) is 0 Å². The van der Waals surface area contributed by atoms with Gasteiger partial charge in [0.15, 0.2) is 0 Å². The second-order valence-electron chi connectivity index (χ2n) is 4.09. The molecule has 22 heavy (non-hydrogen) atoms. The van der Waals surface area contributed by atoms with E-state index in [1.165, 1.54) is 12.1 Å². The smallest absolute Gasteiger partial charge is 0.258 e. The lowest BCUT2D eigenvalue weighted by atomic mass is 10.0. The van der Waals surface area contributed by atoms with Crippen LogP contribution in [0.1, 0.15) is 0 Å². The van der Waals surface area contributed by atoms with E-state index in [0.717, 1.165) is 6.07 Å². The van der Waals surface area contributed by atoms with Gasteiger partial charge in [0.05, 0.1) is 14.8 Å². The number of nitro groups is 3. The molecule has 10 heteroatoms. The van der Waals surface area contributed by atoms with Gasteiger partial charge in [0.25, 0.3) is 0 Å². The van der Waals surface area contributed by atoms with Crippen molar-refractivity contribution in [1.29, 1.82) is 0 Å². The lowest BCUT2D eigenvalue weighted by Gasteiger charge is -2.06. The first-order chi connectivity index (χ1) is 10.3. The highest BCUT2D eigenvalue weighted by atomic mass is 35.5. The molecule has 112 valence electrons. The summed E-state index contributed by atoms with van der Waals surface area (Å²) in [5.74, 6) is 0. The van der Waals surface area contributed by atoms with Crippen LogP contribution in [-0.2, 0) is 0 Å². The predicted octanol–water partition coefficient (Wildman–Crippen LogP) is 3.73. The average molecular weight is 324 g/mol. The van der Waals surface area contributed by atoms with Crippen LogP contribution in [0.15, 0.2) is 36.4 Å². The fourth-order valence-electron chi connectivity index (χ4n) is 1.93. The second-order valence-corrected chi connectivity index (χ2v) is 4.47. The third-order valence-electron chi connectivity index (χ3n) is 2.84. The van der Waals surface area contributed by atoms with Crippen molar-refractivity contribution < 1.29 is 14.8 Å². The Bertz CT molecular complexity index is 793. The first kappa shape index (κ1) is 15.3. The Hall–Kier alpha value is -3.07. The molecule has 0 saturated carbocycles. The van der Waals surface area contributed by atoms with E-state index in [-0.39, 0.29) is 5.56 Å². The summed E-state index contributed by atoms with van der Waals surface area (Å²) in [6.45, 7) is 0. The van der Waals surface area contributed by atoms with E-state index in [0.29, 0.717) is 5.56 Å². The number of rotatable bonds is 4. The third-order valence-corrected chi connectivity index (χ3v) is 3.22. The quantitative estimate of drug-likeness (QED) is 0.622. The molecule has 0 atom stereocenters. The van der Waals surface area contributed by atoms with Crippen LogP contribution in [0.25, 0.3) is 11.1 Å². The molecule has 0 amide bonds. The molecule has 0 aliphatic heterocycles. The van der Waals surface area contributed by atoms with Gasteiger partial charge in [-0.2, -0.15) is 0 Å². The Morgan fingerprint density at radius 2 is 1.36 bits per heavy atom. The second kappa shape index (κ2) is 5.74. The summed E-state index contributed by atoms with van der Waals surface area (Å²) < 4.78 is 0. The van der Waals surface area contributed by atoms with Gasteiger partial charge in [-0.25, -0.2) is 0 Å². The minimum atomic E-state index is -1.24. The first-order valence-electron chi connectivity index (χ1n) is 5.69. The van der Waals surface area contributed by atoms with E-state index in [1.54, 1.807) is 18.2 Å². The maximum Gasteiger partial charge on any atom is 0.423 e. The Morgan fingerprint density at radius 1 is 0.818 bits per heavy atom. The zero-order chi connectivity index (χ0) is 16.4. The molecule has 2 aromatic carbocycles. The third kappa shape index (κ3) is 2.56. The molecule has 2 rings (SSSR count). The molecule has 0 aliphatic rings. The molecular weight excluding hydrogens is 318 g/mol. The summed E-state index contributed by atoms with van der Waals surface area (Å²) in [4.78, 5) is 29.8. The summed E-state index contributed by atoms with van der Waals surface area (Å²) in [7, 11) is 0. The standard InChI is InChI=1S/C12H6ClN3O6/c13-10-8(7-4-2-1-3-5-7)6-9(14(17)18)11(15(19)20)12(10)16(21)22/h1-6H. The monoisotopic (exact) mass is 323 g/mol.